The van der Waals surface area contributed by atoms with Gasteiger partial charge in [0.2, 0.25) is 0 Å². The van der Waals surface area contributed by atoms with Crippen LogP contribution in [0.3, 0.4) is 0 Å². The van der Waals surface area contributed by atoms with E-state index in [0.717, 1.165) is 5.69 Å². The molecule has 1 atom stereocenters. The lowest BCUT2D eigenvalue weighted by atomic mass is 10.1. The number of sulfonamides is 1. The van der Waals surface area contributed by atoms with Gasteiger partial charge in [0.05, 0.1) is 5.69 Å². The Morgan fingerprint density at radius 1 is 1.14 bits per heavy atom. The molecule has 0 N–H and O–H groups in total. The van der Waals surface area contributed by atoms with Gasteiger partial charge in [-0.25, -0.2) is 13.4 Å². The van der Waals surface area contributed by atoms with Gasteiger partial charge in [0.15, 0.2) is 9.86 Å². The molecular weight excluding hydrogens is 396 g/mol. The maximum absolute atomic E-state index is 13.3. The zero-order valence-corrected chi connectivity index (χ0v) is 17.6. The van der Waals surface area contributed by atoms with Crippen LogP contribution < -0.4 is 10.5 Å². The van der Waals surface area contributed by atoms with Gasteiger partial charge in [-0.1, -0.05) is 17.7 Å². The Morgan fingerprint density at radius 2 is 1.86 bits per heavy atom. The number of hydrogen-bond donors (Lipinski definition) is 0. The fourth-order valence-electron chi connectivity index (χ4n) is 3.65. The van der Waals surface area contributed by atoms with Crippen LogP contribution in [0.5, 0.6) is 0 Å². The molecule has 0 radical (unpaired) electrons. The molecule has 0 saturated carbocycles. The first-order chi connectivity index (χ1) is 13.3. The minimum absolute atomic E-state index is 0.00729. The number of anilines is 1. The van der Waals surface area contributed by atoms with Gasteiger partial charge in [-0.05, 0) is 32.9 Å². The van der Waals surface area contributed by atoms with E-state index < -0.39 is 15.6 Å². The van der Waals surface area contributed by atoms with Crippen molar-refractivity contribution in [3.63, 3.8) is 0 Å². The van der Waals surface area contributed by atoms with E-state index in [2.05, 4.69) is 34.1 Å². The highest BCUT2D eigenvalue weighted by molar-refractivity contribution is 7.89. The van der Waals surface area contributed by atoms with Gasteiger partial charge in [-0.2, -0.15) is 4.31 Å². The van der Waals surface area contributed by atoms with E-state index in [-0.39, 0.29) is 16.6 Å². The average molecular weight is 419 g/mol. The summed E-state index contributed by atoms with van der Waals surface area (Å²) in [6.07, 6.45) is 1.56. The van der Waals surface area contributed by atoms with Gasteiger partial charge in [0.25, 0.3) is 15.6 Å². The first-order valence-electron chi connectivity index (χ1n) is 9.09. The van der Waals surface area contributed by atoms with Crippen molar-refractivity contribution >= 4 is 32.0 Å². The number of thiazole rings is 1. The fourth-order valence-corrected chi connectivity index (χ4v) is 6.14. The first-order valence-corrected chi connectivity index (χ1v) is 11.4. The van der Waals surface area contributed by atoms with Crippen LogP contribution in [-0.4, -0.2) is 47.8 Å². The van der Waals surface area contributed by atoms with Crippen molar-refractivity contribution in [2.45, 2.75) is 31.7 Å². The number of fused-ring (bicyclic) bond motifs is 1. The Hall–Kier alpha value is -2.23. The summed E-state index contributed by atoms with van der Waals surface area (Å²) >= 11 is 1.31. The van der Waals surface area contributed by atoms with Crippen molar-refractivity contribution in [2.75, 3.05) is 24.5 Å². The van der Waals surface area contributed by atoms with E-state index >= 15 is 0 Å². The molecule has 1 aromatic carbocycles. The maximum atomic E-state index is 13.3. The predicted molar refractivity (Wildman–Crippen MR) is 111 cm³/mol. The molecule has 3 heterocycles. The second-order valence-electron chi connectivity index (χ2n) is 7.13. The van der Waals surface area contributed by atoms with E-state index in [1.807, 2.05) is 13.8 Å². The van der Waals surface area contributed by atoms with E-state index in [9.17, 15) is 13.2 Å². The predicted octanol–water partition coefficient (Wildman–Crippen LogP) is 2.27. The number of benzene rings is 1. The molecule has 7 nitrogen and oxygen atoms in total. The first kappa shape index (κ1) is 19.1. The van der Waals surface area contributed by atoms with Crippen LogP contribution in [0.2, 0.25) is 0 Å². The second kappa shape index (κ2) is 6.98. The lowest BCUT2D eigenvalue weighted by molar-refractivity contribution is 0.342. The molecule has 0 unspecified atom stereocenters. The Bertz CT molecular complexity index is 1180. The van der Waals surface area contributed by atoms with Crippen LogP contribution in [0.4, 0.5) is 5.69 Å². The third kappa shape index (κ3) is 3.13. The van der Waals surface area contributed by atoms with Gasteiger partial charge < -0.3 is 4.90 Å². The molecule has 0 bridgehead atoms. The van der Waals surface area contributed by atoms with Crippen LogP contribution in [-0.2, 0) is 10.0 Å². The van der Waals surface area contributed by atoms with E-state index in [1.165, 1.54) is 25.6 Å². The van der Waals surface area contributed by atoms with Crippen LogP contribution in [0.25, 0.3) is 4.96 Å². The van der Waals surface area contributed by atoms with Gasteiger partial charge >= 0.3 is 0 Å². The SMILES string of the molecule is Cc1ccc(N2CCN(S(=O)(=O)c3c(C)nc4sccn4c3=O)C[C@H]2C)cc1. The van der Waals surface area contributed by atoms with E-state index in [0.29, 0.717) is 24.6 Å². The van der Waals surface area contributed by atoms with Gasteiger partial charge in [0.1, 0.15) is 0 Å². The Morgan fingerprint density at radius 3 is 2.54 bits per heavy atom. The molecule has 28 heavy (non-hydrogen) atoms. The lowest BCUT2D eigenvalue weighted by Crippen LogP contribution is -2.54. The highest BCUT2D eigenvalue weighted by Crippen LogP contribution is 2.25. The third-order valence-electron chi connectivity index (χ3n) is 5.15. The second-order valence-corrected chi connectivity index (χ2v) is 9.88. The van der Waals surface area contributed by atoms with Crippen molar-refractivity contribution in [1.82, 2.24) is 13.7 Å². The minimum atomic E-state index is -3.92. The van der Waals surface area contributed by atoms with Crippen molar-refractivity contribution < 1.29 is 8.42 Å². The fraction of sp³-hybridized carbons (Fsp3) is 0.368. The summed E-state index contributed by atoms with van der Waals surface area (Å²) in [5.41, 5.74) is 1.98. The minimum Gasteiger partial charge on any atom is -0.366 e. The standard InChI is InChI=1S/C19H22N4O3S2/c1-13-4-6-16(7-5-13)22-9-8-21(12-14(22)2)28(25,26)17-15(3)20-19-23(18(17)24)10-11-27-19/h4-7,10-11,14H,8-9,12H2,1-3H3/t14-/m1/s1. The molecular formula is C19H22N4O3S2. The van der Waals surface area contributed by atoms with Crippen molar-refractivity contribution in [3.8, 4) is 0 Å². The summed E-state index contributed by atoms with van der Waals surface area (Å²) in [7, 11) is -3.92. The van der Waals surface area contributed by atoms with Crippen LogP contribution in [0, 0.1) is 13.8 Å². The quantitative estimate of drug-likeness (QED) is 0.652. The molecule has 0 aliphatic carbocycles. The zero-order chi connectivity index (χ0) is 20.1. The largest absolute Gasteiger partial charge is 0.366 e. The van der Waals surface area contributed by atoms with Crippen molar-refractivity contribution in [1.29, 1.82) is 0 Å². The molecule has 1 aliphatic rings. The van der Waals surface area contributed by atoms with Crippen LogP contribution in [0.1, 0.15) is 18.2 Å². The molecule has 0 spiro atoms. The topological polar surface area (TPSA) is 75.0 Å². The summed E-state index contributed by atoms with van der Waals surface area (Å²) in [5, 5.41) is 1.72. The number of aromatic nitrogens is 2. The number of hydrogen-bond acceptors (Lipinski definition) is 6. The molecule has 4 rings (SSSR count). The zero-order valence-electron chi connectivity index (χ0n) is 16.0. The summed E-state index contributed by atoms with van der Waals surface area (Å²) in [6.45, 7) is 6.84. The number of piperazine rings is 1. The molecule has 3 aromatic rings. The van der Waals surface area contributed by atoms with Gasteiger partial charge in [0, 0.05) is 42.9 Å². The Kier molecular flexibility index (Phi) is 4.76. The Balaban J connectivity index is 1.65. The van der Waals surface area contributed by atoms with Crippen molar-refractivity contribution in [2.24, 2.45) is 0 Å². The Labute approximate surface area is 167 Å². The normalized spacial score (nSPS) is 18.7. The van der Waals surface area contributed by atoms with Crippen molar-refractivity contribution in [3.05, 3.63) is 57.5 Å². The lowest BCUT2D eigenvalue weighted by Gasteiger charge is -2.40. The highest BCUT2D eigenvalue weighted by Gasteiger charge is 2.35. The molecule has 148 valence electrons. The third-order valence-corrected chi connectivity index (χ3v) is 7.90. The summed E-state index contributed by atoms with van der Waals surface area (Å²) in [6, 6.07) is 8.21. The molecule has 9 heteroatoms. The number of rotatable bonds is 3. The summed E-state index contributed by atoms with van der Waals surface area (Å²) in [5.74, 6) is 0. The van der Waals surface area contributed by atoms with Gasteiger partial charge in [-0.15, -0.1) is 11.3 Å². The van der Waals surface area contributed by atoms with E-state index in [1.54, 1.807) is 18.5 Å². The summed E-state index contributed by atoms with van der Waals surface area (Å²) < 4.78 is 29.3. The number of aryl methyl sites for hydroxylation is 2. The van der Waals surface area contributed by atoms with Gasteiger partial charge in [-0.3, -0.25) is 9.20 Å². The monoisotopic (exact) mass is 418 g/mol. The molecule has 0 amide bonds. The molecule has 1 saturated heterocycles. The maximum Gasteiger partial charge on any atom is 0.279 e. The average Bonchev–Trinajstić information content (AvgIpc) is 3.11. The van der Waals surface area contributed by atoms with Crippen LogP contribution >= 0.6 is 11.3 Å². The van der Waals surface area contributed by atoms with Crippen LogP contribution in [0.15, 0.2) is 45.5 Å². The smallest absolute Gasteiger partial charge is 0.279 e. The molecule has 2 aromatic heterocycles. The summed E-state index contributed by atoms with van der Waals surface area (Å²) in [4.78, 5) is 19.6. The molecule has 1 aliphatic heterocycles. The number of nitrogens with zero attached hydrogens (tertiary/aromatic N) is 4. The molecule has 1 fully saturated rings. The van der Waals surface area contributed by atoms with E-state index in [4.69, 9.17) is 0 Å². The highest BCUT2D eigenvalue weighted by atomic mass is 32.2.